The molecule has 28 heavy (non-hydrogen) atoms. The molecule has 0 saturated heterocycles. The summed E-state index contributed by atoms with van der Waals surface area (Å²) in [4.78, 5) is 0.443. The van der Waals surface area contributed by atoms with E-state index >= 15 is 0 Å². The third-order valence-electron chi connectivity index (χ3n) is 5.42. The van der Waals surface area contributed by atoms with Crippen LogP contribution in [0.5, 0.6) is 5.75 Å². The van der Waals surface area contributed by atoms with Crippen LogP contribution in [0.15, 0.2) is 53.4 Å². The second-order valence-electron chi connectivity index (χ2n) is 7.07. The molecule has 2 N–H and O–H groups in total. The minimum absolute atomic E-state index is 0.169. The van der Waals surface area contributed by atoms with Gasteiger partial charge in [-0.1, -0.05) is 42.0 Å². The average molecular weight is 420 g/mol. The molecule has 150 valence electrons. The highest BCUT2D eigenvalue weighted by Gasteiger charge is 2.73. The van der Waals surface area contributed by atoms with Crippen LogP contribution in [0.2, 0.25) is 0 Å². The van der Waals surface area contributed by atoms with Gasteiger partial charge in [0.2, 0.25) is 0 Å². The zero-order chi connectivity index (χ0) is 20.5. The summed E-state index contributed by atoms with van der Waals surface area (Å²) < 4.78 is 37.9. The fourth-order valence-electron chi connectivity index (χ4n) is 3.83. The van der Waals surface area contributed by atoms with Crippen molar-refractivity contribution in [3.05, 3.63) is 59.7 Å². The van der Waals surface area contributed by atoms with E-state index in [1.165, 1.54) is 0 Å². The Bertz CT molecular complexity index is 955. The predicted octanol–water partition coefficient (Wildman–Crippen LogP) is 3.25. The lowest BCUT2D eigenvalue weighted by molar-refractivity contribution is 0.121. The van der Waals surface area contributed by atoms with Gasteiger partial charge in [-0.2, -0.15) is 0 Å². The van der Waals surface area contributed by atoms with Gasteiger partial charge in [0.25, 0.3) is 0 Å². The van der Waals surface area contributed by atoms with Crippen molar-refractivity contribution < 1.29 is 17.9 Å². The second kappa shape index (κ2) is 7.81. The number of nitrogens with two attached hydrogens (primary N) is 1. The van der Waals surface area contributed by atoms with Crippen molar-refractivity contribution in [1.29, 1.82) is 0 Å². The van der Waals surface area contributed by atoms with Crippen molar-refractivity contribution in [3.8, 4) is 5.75 Å². The van der Waals surface area contributed by atoms with Crippen LogP contribution in [0.3, 0.4) is 0 Å². The Labute approximate surface area is 171 Å². The van der Waals surface area contributed by atoms with Crippen LogP contribution >= 0.6 is 12.2 Å². The van der Waals surface area contributed by atoms with Gasteiger partial charge in [-0.15, -0.1) is 0 Å². The zero-order valence-corrected chi connectivity index (χ0v) is 17.8. The van der Waals surface area contributed by atoms with Crippen molar-refractivity contribution in [1.82, 2.24) is 0 Å². The summed E-state index contributed by atoms with van der Waals surface area (Å²) in [5.74, 6) is 0.335. The quantitative estimate of drug-likeness (QED) is 0.662. The van der Waals surface area contributed by atoms with Gasteiger partial charge in [-0.05, 0) is 43.7 Å². The van der Waals surface area contributed by atoms with E-state index in [1.807, 2.05) is 38.1 Å². The van der Waals surface area contributed by atoms with E-state index in [0.29, 0.717) is 12.4 Å². The van der Waals surface area contributed by atoms with Crippen LogP contribution < -0.4 is 10.5 Å². The third-order valence-corrected chi connectivity index (χ3v) is 8.09. The largest absolute Gasteiger partial charge is 0.497 e. The van der Waals surface area contributed by atoms with Gasteiger partial charge in [0.1, 0.15) is 5.75 Å². The van der Waals surface area contributed by atoms with Crippen molar-refractivity contribution in [2.45, 2.75) is 29.9 Å². The monoisotopic (exact) mass is 419 g/mol. The topological polar surface area (TPSA) is 78.6 Å². The molecule has 0 aromatic heterocycles. The molecule has 1 fully saturated rings. The van der Waals surface area contributed by atoms with Crippen molar-refractivity contribution in [3.63, 3.8) is 0 Å². The van der Waals surface area contributed by atoms with Gasteiger partial charge in [0.05, 0.1) is 34.3 Å². The number of hydrogen-bond donors (Lipinski definition) is 1. The molecule has 0 amide bonds. The number of ether oxygens (including phenoxy) is 2. The van der Waals surface area contributed by atoms with Crippen molar-refractivity contribution in [2.24, 2.45) is 11.1 Å². The van der Waals surface area contributed by atoms with E-state index in [4.69, 9.17) is 27.4 Å². The molecule has 7 heteroatoms. The molecular weight excluding hydrogens is 394 g/mol. The summed E-state index contributed by atoms with van der Waals surface area (Å²) in [6.07, 6.45) is 0. The van der Waals surface area contributed by atoms with Crippen LogP contribution in [0.4, 0.5) is 0 Å². The number of aryl methyl sites for hydroxylation is 1. The highest BCUT2D eigenvalue weighted by Crippen LogP contribution is 2.64. The standard InChI is InChI=1S/C21H25NO4S2/c1-4-26-13-21(20(22)27)18(15-7-9-16(25-3)10-8-15)19(21)28(23,24)17-11-5-14(2)6-12-17/h5-12,18-19H,4,13H2,1-3H3,(H2,22,27)/t18-,19-,21-/m0/s1. The number of benzene rings is 2. The molecule has 0 radical (unpaired) electrons. The van der Waals surface area contributed by atoms with Gasteiger partial charge in [0.15, 0.2) is 9.84 Å². The maximum absolute atomic E-state index is 13.5. The maximum atomic E-state index is 13.5. The Balaban J connectivity index is 2.08. The van der Waals surface area contributed by atoms with E-state index in [0.717, 1.165) is 11.1 Å². The highest BCUT2D eigenvalue weighted by atomic mass is 32.2. The number of hydrogen-bond acceptors (Lipinski definition) is 5. The molecule has 0 unspecified atom stereocenters. The van der Waals surface area contributed by atoms with Gasteiger partial charge in [-0.25, -0.2) is 8.42 Å². The first-order chi connectivity index (χ1) is 13.3. The average Bonchev–Trinajstić information content (AvgIpc) is 3.38. The molecule has 1 saturated carbocycles. The number of sulfone groups is 1. The number of rotatable bonds is 8. The predicted molar refractivity (Wildman–Crippen MR) is 114 cm³/mol. The lowest BCUT2D eigenvalue weighted by Gasteiger charge is -2.17. The Kier molecular flexibility index (Phi) is 5.79. The molecule has 3 atom stereocenters. The minimum atomic E-state index is -3.66. The third kappa shape index (κ3) is 3.43. The zero-order valence-electron chi connectivity index (χ0n) is 16.2. The lowest BCUT2D eigenvalue weighted by atomic mass is 10.00. The Morgan fingerprint density at radius 1 is 1.14 bits per heavy atom. The van der Waals surface area contributed by atoms with Crippen LogP contribution in [0.1, 0.15) is 24.0 Å². The molecule has 0 spiro atoms. The van der Waals surface area contributed by atoms with E-state index in [2.05, 4.69) is 0 Å². The van der Waals surface area contributed by atoms with E-state index in [1.54, 1.807) is 31.4 Å². The van der Waals surface area contributed by atoms with Gasteiger partial charge in [-0.3, -0.25) is 0 Å². The Hall–Kier alpha value is -1.96. The lowest BCUT2D eigenvalue weighted by Crippen LogP contribution is -2.33. The molecule has 1 aliphatic rings. The van der Waals surface area contributed by atoms with Crippen LogP contribution in [0, 0.1) is 12.3 Å². The molecule has 0 bridgehead atoms. The highest BCUT2D eigenvalue weighted by molar-refractivity contribution is 7.92. The van der Waals surface area contributed by atoms with Crippen molar-refractivity contribution >= 4 is 27.0 Å². The maximum Gasteiger partial charge on any atom is 0.182 e. The first-order valence-electron chi connectivity index (χ1n) is 9.11. The van der Waals surface area contributed by atoms with Gasteiger partial charge >= 0.3 is 0 Å². The smallest absolute Gasteiger partial charge is 0.182 e. The summed E-state index contributed by atoms with van der Waals surface area (Å²) in [5.41, 5.74) is 7.03. The summed E-state index contributed by atoms with van der Waals surface area (Å²) in [7, 11) is -2.07. The molecular formula is C21H25NO4S2. The first kappa shape index (κ1) is 20.8. The molecule has 0 aliphatic heterocycles. The molecule has 5 nitrogen and oxygen atoms in total. The fraction of sp³-hybridized carbons (Fsp3) is 0.381. The van der Waals surface area contributed by atoms with E-state index in [9.17, 15) is 8.42 Å². The Morgan fingerprint density at radius 2 is 1.75 bits per heavy atom. The summed E-state index contributed by atoms with van der Waals surface area (Å²) in [5, 5.41) is -0.764. The van der Waals surface area contributed by atoms with E-state index < -0.39 is 20.5 Å². The minimum Gasteiger partial charge on any atom is -0.497 e. The van der Waals surface area contributed by atoms with Crippen LogP contribution in [0.25, 0.3) is 0 Å². The Morgan fingerprint density at radius 3 is 2.25 bits per heavy atom. The molecule has 2 aromatic carbocycles. The summed E-state index contributed by atoms with van der Waals surface area (Å²) in [6, 6.07) is 14.2. The van der Waals surface area contributed by atoms with Crippen LogP contribution in [-0.2, 0) is 14.6 Å². The van der Waals surface area contributed by atoms with E-state index in [-0.39, 0.29) is 22.4 Å². The molecule has 1 aliphatic carbocycles. The SMILES string of the molecule is CCOC[C@]1(C(N)=S)[C@@H](c2ccc(OC)cc2)[C@@H]1S(=O)(=O)c1ccc(C)cc1. The van der Waals surface area contributed by atoms with Gasteiger partial charge in [0, 0.05) is 12.5 Å². The fourth-order valence-corrected chi connectivity index (χ4v) is 6.60. The number of thiocarbonyl (C=S) groups is 1. The number of methoxy groups -OCH3 is 1. The van der Waals surface area contributed by atoms with Gasteiger partial charge < -0.3 is 15.2 Å². The summed E-state index contributed by atoms with van der Waals surface area (Å²) in [6.45, 7) is 4.41. The van der Waals surface area contributed by atoms with Crippen molar-refractivity contribution in [2.75, 3.05) is 20.3 Å². The summed E-state index contributed by atoms with van der Waals surface area (Å²) >= 11 is 5.36. The molecule has 0 heterocycles. The molecule has 2 aromatic rings. The molecule has 3 rings (SSSR count). The second-order valence-corrected chi connectivity index (χ2v) is 9.58. The van der Waals surface area contributed by atoms with Crippen LogP contribution in [-0.4, -0.2) is 39.0 Å². The normalized spacial score (nSPS) is 24.0. The first-order valence-corrected chi connectivity index (χ1v) is 11.1.